The molecule has 130 valence electrons. The molecule has 0 amide bonds. The minimum atomic E-state index is -0.227. The van der Waals surface area contributed by atoms with Gasteiger partial charge in [-0.2, -0.15) is 0 Å². The van der Waals surface area contributed by atoms with Gasteiger partial charge in [0.15, 0.2) is 5.78 Å². The van der Waals surface area contributed by atoms with Crippen LogP contribution in [0.1, 0.15) is 58.4 Å². The molecule has 0 spiro atoms. The van der Waals surface area contributed by atoms with Gasteiger partial charge in [0.25, 0.3) is 0 Å². The van der Waals surface area contributed by atoms with Crippen molar-refractivity contribution >= 4 is 5.78 Å². The topological polar surface area (TPSA) is 17.1 Å². The van der Waals surface area contributed by atoms with Gasteiger partial charge >= 0.3 is 0 Å². The Labute approximate surface area is 145 Å². The summed E-state index contributed by atoms with van der Waals surface area (Å²) in [5.41, 5.74) is 1.57. The zero-order chi connectivity index (χ0) is 17.3. The van der Waals surface area contributed by atoms with E-state index in [4.69, 9.17) is 0 Å². The van der Waals surface area contributed by atoms with E-state index in [0.717, 1.165) is 30.4 Å². The minimum Gasteiger partial charge on any atom is -0.294 e. The number of ketones is 1. The zero-order valence-corrected chi connectivity index (χ0v) is 15.1. The van der Waals surface area contributed by atoms with Crippen LogP contribution < -0.4 is 0 Å². The number of allylic oxidation sites excluding steroid dienone is 2. The minimum absolute atomic E-state index is 0.218. The highest BCUT2D eigenvalue weighted by atomic mass is 19.1. The van der Waals surface area contributed by atoms with Crippen molar-refractivity contribution in [1.82, 2.24) is 0 Å². The van der Waals surface area contributed by atoms with Gasteiger partial charge in [-0.15, -0.1) is 0 Å². The molecule has 0 saturated heterocycles. The van der Waals surface area contributed by atoms with E-state index in [0.29, 0.717) is 30.0 Å². The van der Waals surface area contributed by atoms with Crippen molar-refractivity contribution in [1.29, 1.82) is 0 Å². The Morgan fingerprint density at radius 1 is 1.33 bits per heavy atom. The first-order chi connectivity index (χ1) is 11.5. The van der Waals surface area contributed by atoms with E-state index in [-0.39, 0.29) is 11.2 Å². The second kappa shape index (κ2) is 6.82. The summed E-state index contributed by atoms with van der Waals surface area (Å²) in [4.78, 5) is 13.3. The van der Waals surface area contributed by atoms with Crippen molar-refractivity contribution < 1.29 is 9.18 Å². The van der Waals surface area contributed by atoms with Crippen molar-refractivity contribution in [2.45, 2.75) is 59.3 Å². The Hall–Kier alpha value is -1.44. The quantitative estimate of drug-likeness (QED) is 0.689. The summed E-state index contributed by atoms with van der Waals surface area (Å²) in [6.07, 6.45) is 8.28. The van der Waals surface area contributed by atoms with E-state index >= 15 is 0 Å². The Morgan fingerprint density at radius 2 is 2.12 bits per heavy atom. The molecule has 1 aromatic rings. The van der Waals surface area contributed by atoms with Gasteiger partial charge in [-0.05, 0) is 60.3 Å². The first-order valence-corrected chi connectivity index (χ1v) is 9.44. The fourth-order valence-electron chi connectivity index (χ4n) is 5.08. The van der Waals surface area contributed by atoms with E-state index in [1.165, 1.54) is 18.9 Å². The molecule has 0 aliphatic heterocycles. The monoisotopic (exact) mass is 328 g/mol. The van der Waals surface area contributed by atoms with Crippen molar-refractivity contribution in [3.05, 3.63) is 47.3 Å². The number of hydrogen-bond acceptors (Lipinski definition) is 1. The third-order valence-corrected chi connectivity index (χ3v) is 6.52. The van der Waals surface area contributed by atoms with Crippen LogP contribution in [-0.4, -0.2) is 5.78 Å². The standard InChI is InChI=1S/C22H29FO/c1-4-6-19-15(2)11-12-22(3)20(19)10-9-17(21(22)24)13-16-7-5-8-18(23)14-16/h5,7-9,14-15,19-20H,4,6,10-13H2,1-3H3/t15?,19-,20+,22+/m0/s1. The molecule has 2 aliphatic rings. The number of fused-ring (bicyclic) bond motifs is 1. The van der Waals surface area contributed by atoms with Gasteiger partial charge in [0.05, 0.1) is 0 Å². The lowest BCUT2D eigenvalue weighted by Gasteiger charge is -2.50. The van der Waals surface area contributed by atoms with Gasteiger partial charge in [0.2, 0.25) is 0 Å². The Morgan fingerprint density at radius 3 is 2.83 bits per heavy atom. The average Bonchev–Trinajstić information content (AvgIpc) is 2.55. The molecule has 0 aromatic heterocycles. The molecule has 1 unspecified atom stereocenters. The highest BCUT2D eigenvalue weighted by molar-refractivity contribution is 6.01. The fourth-order valence-corrected chi connectivity index (χ4v) is 5.08. The third-order valence-electron chi connectivity index (χ3n) is 6.52. The number of benzene rings is 1. The maximum Gasteiger partial charge on any atom is 0.165 e. The lowest BCUT2D eigenvalue weighted by molar-refractivity contribution is -0.134. The number of halogens is 1. The molecule has 2 aliphatic carbocycles. The van der Waals surface area contributed by atoms with Crippen LogP contribution in [0.4, 0.5) is 4.39 Å². The van der Waals surface area contributed by atoms with Crippen molar-refractivity contribution in [3.8, 4) is 0 Å². The molecule has 1 fully saturated rings. The summed E-state index contributed by atoms with van der Waals surface area (Å²) in [6.45, 7) is 6.79. The maximum atomic E-state index is 13.4. The molecule has 1 nitrogen and oxygen atoms in total. The van der Waals surface area contributed by atoms with E-state index in [9.17, 15) is 9.18 Å². The van der Waals surface area contributed by atoms with Gasteiger partial charge in [-0.3, -0.25) is 4.79 Å². The molecular weight excluding hydrogens is 299 g/mol. The summed E-state index contributed by atoms with van der Waals surface area (Å²) < 4.78 is 13.4. The summed E-state index contributed by atoms with van der Waals surface area (Å²) in [6, 6.07) is 6.64. The molecule has 2 heteroatoms. The summed E-state index contributed by atoms with van der Waals surface area (Å²) in [7, 11) is 0. The Kier molecular flexibility index (Phi) is 4.94. The Balaban J connectivity index is 1.85. The molecule has 3 rings (SSSR count). The van der Waals surface area contributed by atoms with Crippen molar-refractivity contribution in [2.24, 2.45) is 23.2 Å². The molecule has 1 aromatic carbocycles. The number of carbonyl (C=O) groups excluding carboxylic acids is 1. The molecule has 0 N–H and O–H groups in total. The molecule has 0 heterocycles. The summed E-state index contributed by atoms with van der Waals surface area (Å²) in [5.74, 6) is 1.94. The fraction of sp³-hybridized carbons (Fsp3) is 0.591. The second-order valence-electron chi connectivity index (χ2n) is 8.09. The predicted octanol–water partition coefficient (Wildman–Crippen LogP) is 5.74. The van der Waals surface area contributed by atoms with Crippen molar-refractivity contribution in [2.75, 3.05) is 0 Å². The van der Waals surface area contributed by atoms with E-state index in [1.807, 2.05) is 6.07 Å². The van der Waals surface area contributed by atoms with Crippen LogP contribution in [0, 0.1) is 29.0 Å². The van der Waals surface area contributed by atoms with Crippen LogP contribution >= 0.6 is 0 Å². The van der Waals surface area contributed by atoms with Gasteiger partial charge in [0, 0.05) is 11.8 Å². The van der Waals surface area contributed by atoms with Crippen LogP contribution in [0.3, 0.4) is 0 Å². The number of Topliss-reactive ketones (excluding diaryl/α,β-unsaturated/α-hetero) is 1. The second-order valence-corrected chi connectivity index (χ2v) is 8.09. The molecular formula is C22H29FO. The number of rotatable bonds is 4. The Bertz CT molecular complexity index is 647. The van der Waals surface area contributed by atoms with Crippen LogP contribution in [0.15, 0.2) is 35.9 Å². The molecule has 24 heavy (non-hydrogen) atoms. The average molecular weight is 328 g/mol. The van der Waals surface area contributed by atoms with Crippen molar-refractivity contribution in [3.63, 3.8) is 0 Å². The van der Waals surface area contributed by atoms with E-state index in [1.54, 1.807) is 12.1 Å². The van der Waals surface area contributed by atoms with Gasteiger partial charge in [-0.1, -0.05) is 51.8 Å². The summed E-state index contributed by atoms with van der Waals surface area (Å²) >= 11 is 0. The van der Waals surface area contributed by atoms with Crippen LogP contribution in [0.2, 0.25) is 0 Å². The molecule has 4 atom stereocenters. The normalized spacial score (nSPS) is 33.1. The maximum absolute atomic E-state index is 13.4. The molecule has 0 bridgehead atoms. The lowest BCUT2D eigenvalue weighted by Crippen LogP contribution is -2.48. The molecule has 0 radical (unpaired) electrons. The van der Waals surface area contributed by atoms with Crippen LogP contribution in [0.25, 0.3) is 0 Å². The van der Waals surface area contributed by atoms with E-state index < -0.39 is 0 Å². The molecule has 1 saturated carbocycles. The predicted molar refractivity (Wildman–Crippen MR) is 96.2 cm³/mol. The smallest absolute Gasteiger partial charge is 0.165 e. The van der Waals surface area contributed by atoms with Gasteiger partial charge in [-0.25, -0.2) is 4.39 Å². The first kappa shape index (κ1) is 17.4. The van der Waals surface area contributed by atoms with Gasteiger partial charge < -0.3 is 0 Å². The highest BCUT2D eigenvalue weighted by Gasteiger charge is 2.50. The van der Waals surface area contributed by atoms with Crippen LogP contribution in [0.5, 0.6) is 0 Å². The third kappa shape index (κ3) is 3.08. The first-order valence-electron chi connectivity index (χ1n) is 9.44. The zero-order valence-electron chi connectivity index (χ0n) is 15.1. The largest absolute Gasteiger partial charge is 0.294 e. The van der Waals surface area contributed by atoms with Crippen LogP contribution in [-0.2, 0) is 11.2 Å². The number of carbonyl (C=O) groups is 1. The summed E-state index contributed by atoms with van der Waals surface area (Å²) in [5, 5.41) is 0. The lowest BCUT2D eigenvalue weighted by atomic mass is 9.53. The number of hydrogen-bond donors (Lipinski definition) is 0. The van der Waals surface area contributed by atoms with Gasteiger partial charge in [0.1, 0.15) is 5.82 Å². The van der Waals surface area contributed by atoms with E-state index in [2.05, 4.69) is 26.8 Å². The SMILES string of the molecule is CCC[C@H]1C(C)CC[C@@]2(C)C(=O)C(Cc3cccc(F)c3)=CC[C@H]12. The highest BCUT2D eigenvalue weighted by Crippen LogP contribution is 2.53.